The number of amides is 2. The van der Waals surface area contributed by atoms with Gasteiger partial charge in [-0.2, -0.15) is 13.2 Å². The standard InChI is InChI=1S/C19H15F3N2O2/c1-13(25)24-17-9-3-7-15(12-17)18(26)23-10-4-6-14-5-2-8-16(11-14)19(20,21)22/h2-3,5,7-9,11-12H,10H2,1H3,(H,23,26)(H,24,25). The maximum Gasteiger partial charge on any atom is 0.416 e. The second kappa shape index (κ2) is 8.21. The summed E-state index contributed by atoms with van der Waals surface area (Å²) in [4.78, 5) is 23.1. The van der Waals surface area contributed by atoms with Gasteiger partial charge in [-0.3, -0.25) is 9.59 Å². The zero-order valence-corrected chi connectivity index (χ0v) is 13.8. The largest absolute Gasteiger partial charge is 0.416 e. The summed E-state index contributed by atoms with van der Waals surface area (Å²) in [6, 6.07) is 11.0. The van der Waals surface area contributed by atoms with Gasteiger partial charge >= 0.3 is 6.18 Å². The molecule has 0 fully saturated rings. The Hall–Kier alpha value is -3.27. The van der Waals surface area contributed by atoms with Crippen LogP contribution in [0.1, 0.15) is 28.4 Å². The van der Waals surface area contributed by atoms with Crippen LogP contribution in [0.5, 0.6) is 0 Å². The van der Waals surface area contributed by atoms with Crippen molar-refractivity contribution in [2.45, 2.75) is 13.1 Å². The second-order valence-corrected chi connectivity index (χ2v) is 5.33. The summed E-state index contributed by atoms with van der Waals surface area (Å²) < 4.78 is 37.9. The number of carbonyl (C=O) groups excluding carboxylic acids is 2. The molecule has 0 radical (unpaired) electrons. The lowest BCUT2D eigenvalue weighted by Crippen LogP contribution is -2.23. The number of nitrogens with one attached hydrogen (secondary N) is 2. The molecule has 0 aliphatic heterocycles. The first-order valence-electron chi connectivity index (χ1n) is 7.58. The third-order valence-electron chi connectivity index (χ3n) is 3.21. The van der Waals surface area contributed by atoms with Gasteiger partial charge in [0.05, 0.1) is 12.1 Å². The van der Waals surface area contributed by atoms with Crippen molar-refractivity contribution in [2.24, 2.45) is 0 Å². The van der Waals surface area contributed by atoms with Crippen LogP contribution in [0.4, 0.5) is 18.9 Å². The smallest absolute Gasteiger partial charge is 0.341 e. The number of anilines is 1. The van der Waals surface area contributed by atoms with E-state index >= 15 is 0 Å². The van der Waals surface area contributed by atoms with E-state index in [4.69, 9.17) is 0 Å². The fourth-order valence-electron chi connectivity index (χ4n) is 2.09. The van der Waals surface area contributed by atoms with E-state index in [2.05, 4.69) is 22.5 Å². The van der Waals surface area contributed by atoms with Gasteiger partial charge in [0.25, 0.3) is 5.91 Å². The van der Waals surface area contributed by atoms with Crippen molar-refractivity contribution in [3.05, 3.63) is 65.2 Å². The van der Waals surface area contributed by atoms with Crippen molar-refractivity contribution in [1.82, 2.24) is 5.32 Å². The molecule has 0 spiro atoms. The molecule has 0 aliphatic carbocycles. The van der Waals surface area contributed by atoms with Gasteiger partial charge in [0.2, 0.25) is 5.91 Å². The fraction of sp³-hybridized carbons (Fsp3) is 0.158. The van der Waals surface area contributed by atoms with Gasteiger partial charge in [0, 0.05) is 23.7 Å². The monoisotopic (exact) mass is 360 g/mol. The first-order chi connectivity index (χ1) is 12.3. The van der Waals surface area contributed by atoms with E-state index in [0.717, 1.165) is 12.1 Å². The van der Waals surface area contributed by atoms with Crippen LogP contribution in [-0.4, -0.2) is 18.4 Å². The third-order valence-corrected chi connectivity index (χ3v) is 3.21. The topological polar surface area (TPSA) is 58.2 Å². The first kappa shape index (κ1) is 19.1. The van der Waals surface area contributed by atoms with E-state index in [1.165, 1.54) is 25.1 Å². The molecule has 0 saturated heterocycles. The first-order valence-corrected chi connectivity index (χ1v) is 7.58. The van der Waals surface area contributed by atoms with Crippen LogP contribution in [-0.2, 0) is 11.0 Å². The molecule has 2 aromatic carbocycles. The van der Waals surface area contributed by atoms with E-state index in [1.807, 2.05) is 0 Å². The number of hydrogen-bond donors (Lipinski definition) is 2. The SMILES string of the molecule is CC(=O)Nc1cccc(C(=O)NCC#Cc2cccc(C(F)(F)F)c2)c1. The average Bonchev–Trinajstić information content (AvgIpc) is 2.58. The van der Waals surface area contributed by atoms with Crippen LogP contribution in [0.3, 0.4) is 0 Å². The van der Waals surface area contributed by atoms with Crippen LogP contribution in [0, 0.1) is 11.8 Å². The molecule has 2 N–H and O–H groups in total. The molecule has 0 heterocycles. The molecule has 2 rings (SSSR count). The van der Waals surface area contributed by atoms with Crippen LogP contribution >= 0.6 is 0 Å². The van der Waals surface area contributed by atoms with Crippen molar-refractivity contribution in [1.29, 1.82) is 0 Å². The lowest BCUT2D eigenvalue weighted by atomic mass is 10.1. The van der Waals surface area contributed by atoms with E-state index in [1.54, 1.807) is 18.2 Å². The van der Waals surface area contributed by atoms with Gasteiger partial charge in [-0.15, -0.1) is 0 Å². The molecular formula is C19H15F3N2O2. The fourth-order valence-corrected chi connectivity index (χ4v) is 2.09. The summed E-state index contributed by atoms with van der Waals surface area (Å²) in [7, 11) is 0. The molecule has 0 unspecified atom stereocenters. The predicted octanol–water partition coefficient (Wildman–Crippen LogP) is 3.45. The molecule has 4 nitrogen and oxygen atoms in total. The molecule has 0 saturated carbocycles. The number of carbonyl (C=O) groups is 2. The molecule has 7 heteroatoms. The highest BCUT2D eigenvalue weighted by Gasteiger charge is 2.30. The van der Waals surface area contributed by atoms with Crippen molar-refractivity contribution < 1.29 is 22.8 Å². The van der Waals surface area contributed by atoms with Crippen LogP contribution in [0.15, 0.2) is 48.5 Å². The minimum Gasteiger partial charge on any atom is -0.341 e. The molecule has 0 aromatic heterocycles. The highest BCUT2D eigenvalue weighted by molar-refractivity contribution is 5.96. The van der Waals surface area contributed by atoms with Crippen molar-refractivity contribution >= 4 is 17.5 Å². The van der Waals surface area contributed by atoms with E-state index in [9.17, 15) is 22.8 Å². The van der Waals surface area contributed by atoms with Gasteiger partial charge in [-0.1, -0.05) is 24.0 Å². The minimum absolute atomic E-state index is 0.0283. The van der Waals surface area contributed by atoms with E-state index < -0.39 is 17.6 Å². The Morgan fingerprint density at radius 1 is 1.08 bits per heavy atom. The summed E-state index contributed by atoms with van der Waals surface area (Å²) in [6.07, 6.45) is -4.43. The van der Waals surface area contributed by atoms with Crippen LogP contribution < -0.4 is 10.6 Å². The van der Waals surface area contributed by atoms with E-state index in [-0.39, 0.29) is 18.0 Å². The Kier molecular flexibility index (Phi) is 6.02. The number of benzene rings is 2. The van der Waals surface area contributed by atoms with Gasteiger partial charge in [-0.05, 0) is 36.4 Å². The minimum atomic E-state index is -4.43. The Balaban J connectivity index is 1.97. The molecule has 0 atom stereocenters. The van der Waals surface area contributed by atoms with Gasteiger partial charge in [0.15, 0.2) is 0 Å². The molecule has 2 aromatic rings. The zero-order chi connectivity index (χ0) is 19.2. The van der Waals surface area contributed by atoms with Gasteiger partial charge < -0.3 is 10.6 Å². The normalized spacial score (nSPS) is 10.5. The van der Waals surface area contributed by atoms with E-state index in [0.29, 0.717) is 11.3 Å². The molecule has 26 heavy (non-hydrogen) atoms. The molecule has 0 bridgehead atoms. The Morgan fingerprint density at radius 2 is 1.81 bits per heavy atom. The molecule has 134 valence electrons. The third kappa shape index (κ3) is 5.67. The average molecular weight is 360 g/mol. The van der Waals surface area contributed by atoms with Gasteiger partial charge in [0.1, 0.15) is 0 Å². The quantitative estimate of drug-likeness (QED) is 0.824. The van der Waals surface area contributed by atoms with Crippen LogP contribution in [0.2, 0.25) is 0 Å². The Bertz CT molecular complexity index is 880. The van der Waals surface area contributed by atoms with Crippen molar-refractivity contribution in [3.63, 3.8) is 0 Å². The molecule has 2 amide bonds. The second-order valence-electron chi connectivity index (χ2n) is 5.33. The summed E-state index contributed by atoms with van der Waals surface area (Å²) in [5.41, 5.74) is 0.252. The highest BCUT2D eigenvalue weighted by Crippen LogP contribution is 2.29. The molecular weight excluding hydrogens is 345 g/mol. The zero-order valence-electron chi connectivity index (χ0n) is 13.8. The molecule has 0 aliphatic rings. The van der Waals surface area contributed by atoms with Crippen molar-refractivity contribution in [2.75, 3.05) is 11.9 Å². The number of alkyl halides is 3. The predicted molar refractivity (Wildman–Crippen MR) is 91.4 cm³/mol. The van der Waals surface area contributed by atoms with Crippen LogP contribution in [0.25, 0.3) is 0 Å². The summed E-state index contributed by atoms with van der Waals surface area (Å²) in [5, 5.41) is 5.11. The Morgan fingerprint density at radius 3 is 2.50 bits per heavy atom. The maximum absolute atomic E-state index is 12.6. The van der Waals surface area contributed by atoms with Crippen molar-refractivity contribution in [3.8, 4) is 11.8 Å². The number of halogens is 3. The summed E-state index contributed by atoms with van der Waals surface area (Å²) in [5.74, 6) is 4.53. The lowest BCUT2D eigenvalue weighted by molar-refractivity contribution is -0.137. The van der Waals surface area contributed by atoms with Gasteiger partial charge in [-0.25, -0.2) is 0 Å². The number of hydrogen-bond acceptors (Lipinski definition) is 2. The maximum atomic E-state index is 12.6. The lowest BCUT2D eigenvalue weighted by Gasteiger charge is -2.06. The summed E-state index contributed by atoms with van der Waals surface area (Å²) >= 11 is 0. The Labute approximate surface area is 148 Å². The summed E-state index contributed by atoms with van der Waals surface area (Å²) in [6.45, 7) is 1.33. The highest BCUT2D eigenvalue weighted by atomic mass is 19.4. The number of rotatable bonds is 3.